The maximum atomic E-state index is 15.0. The fourth-order valence-corrected chi connectivity index (χ4v) is 4.23. The molecule has 2 aromatic rings. The van der Waals surface area contributed by atoms with Gasteiger partial charge < -0.3 is 15.5 Å². The molecule has 2 heterocycles. The lowest BCUT2D eigenvalue weighted by Gasteiger charge is -2.38. The monoisotopic (exact) mass is 470 g/mol. The number of hydrogen-bond acceptors (Lipinski definition) is 4. The molecule has 1 aromatic carbocycles. The van der Waals surface area contributed by atoms with Gasteiger partial charge in [0, 0.05) is 42.3 Å². The lowest BCUT2D eigenvalue weighted by atomic mass is 10.00. The molecular formula is C24H21F3N4O3. The van der Waals surface area contributed by atoms with Gasteiger partial charge in [0.2, 0.25) is 5.91 Å². The van der Waals surface area contributed by atoms with E-state index in [-0.39, 0.29) is 35.3 Å². The number of halogens is 3. The van der Waals surface area contributed by atoms with Gasteiger partial charge in [0.05, 0.1) is 18.7 Å². The number of anilines is 1. The van der Waals surface area contributed by atoms with Crippen LogP contribution in [0.15, 0.2) is 24.4 Å². The van der Waals surface area contributed by atoms with Gasteiger partial charge in [0.1, 0.15) is 11.6 Å². The molecule has 0 spiro atoms. The molecule has 1 aliphatic heterocycles. The first-order valence-electron chi connectivity index (χ1n) is 10.9. The second-order valence-electron chi connectivity index (χ2n) is 8.81. The maximum absolute atomic E-state index is 15.0. The molecule has 1 aromatic heterocycles. The number of allylic oxidation sites excluding steroid dienone is 1. The fraction of sp³-hybridized carbons (Fsp3) is 0.333. The predicted molar refractivity (Wildman–Crippen MR) is 118 cm³/mol. The van der Waals surface area contributed by atoms with E-state index in [4.69, 9.17) is 0 Å². The molecule has 2 fully saturated rings. The SMILES string of the molecule is CNC(=O)c1cnc(NC(=O)C2CC2)c2c1C=C(c1ccc(C(=O)N3CC(F)(F)C3)cc1F)C2. The largest absolute Gasteiger partial charge is 0.355 e. The number of fused-ring (bicyclic) bond motifs is 1. The number of hydrogen-bond donors (Lipinski definition) is 2. The van der Waals surface area contributed by atoms with Crippen LogP contribution in [0.2, 0.25) is 0 Å². The van der Waals surface area contributed by atoms with E-state index in [1.165, 1.54) is 25.4 Å². The van der Waals surface area contributed by atoms with Gasteiger partial charge in [0.15, 0.2) is 0 Å². The Hall–Kier alpha value is -3.69. The standard InChI is InChI=1S/C24H21F3N4O3/c1-28-22(33)18-9-29-20(30-21(32)12-2-3-12)17-7-14(6-16(17)18)15-5-4-13(8-19(15)25)23(34)31-10-24(26,27)11-31/h4-6,8-9,12H,2-3,7,10-11H2,1H3,(H,28,33)(H,29,30,32). The third kappa shape index (κ3) is 3.93. The third-order valence-electron chi connectivity index (χ3n) is 6.26. The molecule has 3 aliphatic rings. The number of aromatic nitrogens is 1. The summed E-state index contributed by atoms with van der Waals surface area (Å²) < 4.78 is 41.2. The van der Waals surface area contributed by atoms with Crippen LogP contribution in [0, 0.1) is 11.7 Å². The summed E-state index contributed by atoms with van der Waals surface area (Å²) in [4.78, 5) is 42.2. The Morgan fingerprint density at radius 1 is 1.18 bits per heavy atom. The van der Waals surface area contributed by atoms with Crippen molar-refractivity contribution < 1.29 is 27.6 Å². The highest BCUT2D eigenvalue weighted by Crippen LogP contribution is 2.39. The molecule has 34 heavy (non-hydrogen) atoms. The molecule has 0 bridgehead atoms. The predicted octanol–water partition coefficient (Wildman–Crippen LogP) is 3.12. The smallest absolute Gasteiger partial charge is 0.282 e. The number of carbonyl (C=O) groups is 3. The molecule has 1 saturated heterocycles. The normalized spacial score (nSPS) is 18.0. The summed E-state index contributed by atoms with van der Waals surface area (Å²) in [6.45, 7) is -1.36. The molecule has 0 atom stereocenters. The quantitative estimate of drug-likeness (QED) is 0.703. The highest BCUT2D eigenvalue weighted by atomic mass is 19.3. The summed E-state index contributed by atoms with van der Waals surface area (Å²) in [5.74, 6) is -4.46. The van der Waals surface area contributed by atoms with Gasteiger partial charge in [-0.15, -0.1) is 0 Å². The van der Waals surface area contributed by atoms with Crippen molar-refractivity contribution in [3.63, 3.8) is 0 Å². The summed E-state index contributed by atoms with van der Waals surface area (Å²) in [6, 6.07) is 3.86. The summed E-state index contributed by atoms with van der Waals surface area (Å²) in [5, 5.41) is 5.36. The van der Waals surface area contributed by atoms with Gasteiger partial charge in [-0.05, 0) is 42.2 Å². The summed E-state index contributed by atoms with van der Waals surface area (Å²) in [7, 11) is 1.49. The number of benzene rings is 1. The summed E-state index contributed by atoms with van der Waals surface area (Å²) in [5.41, 5.74) is 2.18. The highest BCUT2D eigenvalue weighted by molar-refractivity contribution is 6.04. The van der Waals surface area contributed by atoms with Crippen LogP contribution >= 0.6 is 0 Å². The Morgan fingerprint density at radius 3 is 2.53 bits per heavy atom. The van der Waals surface area contributed by atoms with Gasteiger partial charge in [-0.3, -0.25) is 14.4 Å². The number of nitrogens with one attached hydrogen (secondary N) is 2. The molecule has 176 valence electrons. The number of pyridine rings is 1. The molecule has 2 N–H and O–H groups in total. The number of amides is 3. The van der Waals surface area contributed by atoms with Crippen LogP contribution in [-0.4, -0.2) is 53.7 Å². The minimum Gasteiger partial charge on any atom is -0.355 e. The van der Waals surface area contributed by atoms with Gasteiger partial charge in [-0.1, -0.05) is 6.07 Å². The average molecular weight is 470 g/mol. The van der Waals surface area contributed by atoms with E-state index in [0.717, 1.165) is 23.8 Å². The van der Waals surface area contributed by atoms with Crippen LogP contribution in [0.25, 0.3) is 11.6 Å². The first-order valence-corrected chi connectivity index (χ1v) is 10.9. The zero-order chi connectivity index (χ0) is 24.2. The van der Waals surface area contributed by atoms with Crippen LogP contribution in [0.5, 0.6) is 0 Å². The number of nitrogens with zero attached hydrogens (tertiary/aromatic N) is 2. The van der Waals surface area contributed by atoms with Crippen molar-refractivity contribution in [2.45, 2.75) is 25.2 Å². The minimum atomic E-state index is -2.91. The van der Waals surface area contributed by atoms with Crippen molar-refractivity contribution >= 4 is 35.2 Å². The second-order valence-corrected chi connectivity index (χ2v) is 8.81. The van der Waals surface area contributed by atoms with Gasteiger partial charge in [-0.2, -0.15) is 0 Å². The molecule has 0 unspecified atom stereocenters. The van der Waals surface area contributed by atoms with Crippen molar-refractivity contribution in [1.82, 2.24) is 15.2 Å². The van der Waals surface area contributed by atoms with Crippen molar-refractivity contribution in [2.75, 3.05) is 25.5 Å². The third-order valence-corrected chi connectivity index (χ3v) is 6.26. The number of carbonyl (C=O) groups excluding carboxylic acids is 3. The Labute approximate surface area is 193 Å². The topological polar surface area (TPSA) is 91.4 Å². The van der Waals surface area contributed by atoms with E-state index in [1.54, 1.807) is 6.08 Å². The maximum Gasteiger partial charge on any atom is 0.282 e. The molecule has 10 heteroatoms. The molecule has 3 amide bonds. The highest BCUT2D eigenvalue weighted by Gasteiger charge is 2.46. The van der Waals surface area contributed by atoms with Gasteiger partial charge in [0.25, 0.3) is 17.7 Å². The van der Waals surface area contributed by atoms with Crippen molar-refractivity contribution in [2.24, 2.45) is 5.92 Å². The Bertz CT molecular complexity index is 1260. The van der Waals surface area contributed by atoms with E-state index in [9.17, 15) is 23.2 Å². The molecule has 5 rings (SSSR count). The molecule has 1 saturated carbocycles. The van der Waals surface area contributed by atoms with E-state index in [2.05, 4.69) is 15.6 Å². The number of likely N-dealkylation sites (tertiary alicyclic amines) is 1. The summed E-state index contributed by atoms with van der Waals surface area (Å²) in [6.07, 6.45) is 4.90. The number of rotatable bonds is 5. The summed E-state index contributed by atoms with van der Waals surface area (Å²) >= 11 is 0. The van der Waals surface area contributed by atoms with Crippen LogP contribution in [0.3, 0.4) is 0 Å². The minimum absolute atomic E-state index is 0.0158. The lowest BCUT2D eigenvalue weighted by Crippen LogP contribution is -2.58. The lowest BCUT2D eigenvalue weighted by molar-refractivity contribution is -0.117. The van der Waals surface area contributed by atoms with Crippen molar-refractivity contribution in [3.8, 4) is 0 Å². The van der Waals surface area contributed by atoms with Crippen molar-refractivity contribution in [3.05, 3.63) is 58.0 Å². The molecule has 7 nitrogen and oxygen atoms in total. The van der Waals surface area contributed by atoms with Gasteiger partial charge in [-0.25, -0.2) is 18.2 Å². The Balaban J connectivity index is 1.44. The van der Waals surface area contributed by atoms with E-state index in [0.29, 0.717) is 28.1 Å². The number of alkyl halides is 2. The zero-order valence-corrected chi connectivity index (χ0v) is 18.3. The molecule has 2 aliphatic carbocycles. The van der Waals surface area contributed by atoms with Crippen LogP contribution in [-0.2, 0) is 11.2 Å². The van der Waals surface area contributed by atoms with E-state index >= 15 is 4.39 Å². The Kier molecular flexibility index (Phi) is 5.18. The Morgan fingerprint density at radius 2 is 1.91 bits per heavy atom. The molecule has 0 radical (unpaired) electrons. The molecular weight excluding hydrogens is 449 g/mol. The van der Waals surface area contributed by atoms with Crippen LogP contribution < -0.4 is 10.6 Å². The second kappa shape index (κ2) is 7.96. The van der Waals surface area contributed by atoms with Gasteiger partial charge >= 0.3 is 0 Å². The fourth-order valence-electron chi connectivity index (χ4n) is 4.23. The first kappa shape index (κ1) is 22.1. The van der Waals surface area contributed by atoms with Crippen LogP contribution in [0.1, 0.15) is 50.2 Å². The zero-order valence-electron chi connectivity index (χ0n) is 18.3. The van der Waals surface area contributed by atoms with E-state index < -0.39 is 30.7 Å². The first-order chi connectivity index (χ1) is 16.2. The van der Waals surface area contributed by atoms with E-state index in [1.807, 2.05) is 0 Å². The van der Waals surface area contributed by atoms with Crippen LogP contribution in [0.4, 0.5) is 19.0 Å². The average Bonchev–Trinajstić information content (AvgIpc) is 3.55. The van der Waals surface area contributed by atoms with Crippen molar-refractivity contribution in [1.29, 1.82) is 0 Å².